The minimum absolute atomic E-state index is 0.116. The van der Waals surface area contributed by atoms with Crippen LogP contribution in [0.2, 0.25) is 0 Å². The van der Waals surface area contributed by atoms with Gasteiger partial charge in [0.2, 0.25) is 10.0 Å². The van der Waals surface area contributed by atoms with Crippen LogP contribution in [0.5, 0.6) is 0 Å². The number of thiophene rings is 1. The first-order chi connectivity index (χ1) is 13.9. The number of aliphatic imine (C=N–C) groups is 1. The van der Waals surface area contributed by atoms with Gasteiger partial charge in [0.25, 0.3) is 0 Å². The van der Waals surface area contributed by atoms with Gasteiger partial charge in [0.15, 0.2) is 5.96 Å². The van der Waals surface area contributed by atoms with E-state index in [1.54, 1.807) is 34.8 Å². The zero-order valence-corrected chi connectivity index (χ0v) is 18.8. The van der Waals surface area contributed by atoms with E-state index in [-0.39, 0.29) is 6.04 Å². The van der Waals surface area contributed by atoms with E-state index in [2.05, 4.69) is 33.5 Å². The molecule has 2 heterocycles. The molecule has 1 aliphatic rings. The summed E-state index contributed by atoms with van der Waals surface area (Å²) < 4.78 is 28.0. The summed E-state index contributed by atoms with van der Waals surface area (Å²) in [5, 5.41) is 8.65. The van der Waals surface area contributed by atoms with Crippen molar-refractivity contribution in [1.82, 2.24) is 19.8 Å². The molecule has 0 spiro atoms. The molecule has 1 aromatic heterocycles. The number of hydrogen-bond acceptors (Lipinski definition) is 5. The van der Waals surface area contributed by atoms with Crippen LogP contribution in [0.3, 0.4) is 0 Å². The average Bonchev–Trinajstić information content (AvgIpc) is 3.26. The second kappa shape index (κ2) is 9.71. The van der Waals surface area contributed by atoms with E-state index in [9.17, 15) is 8.42 Å². The van der Waals surface area contributed by atoms with Gasteiger partial charge in [0.05, 0.1) is 10.9 Å². The number of nitrogens with one attached hydrogen (secondary N) is 2. The van der Waals surface area contributed by atoms with Gasteiger partial charge < -0.3 is 15.5 Å². The van der Waals surface area contributed by atoms with Gasteiger partial charge in [0.1, 0.15) is 0 Å². The van der Waals surface area contributed by atoms with E-state index in [1.165, 1.54) is 4.88 Å². The van der Waals surface area contributed by atoms with Crippen LogP contribution in [0.4, 0.5) is 0 Å². The first-order valence-corrected chi connectivity index (χ1v) is 12.0. The minimum Gasteiger partial charge on any atom is -0.352 e. The molecular weight excluding hydrogens is 406 g/mol. The molecule has 2 N–H and O–H groups in total. The van der Waals surface area contributed by atoms with Crippen molar-refractivity contribution in [2.75, 3.05) is 40.3 Å². The lowest BCUT2D eigenvalue weighted by atomic mass is 10.2. The predicted molar refractivity (Wildman–Crippen MR) is 119 cm³/mol. The van der Waals surface area contributed by atoms with Gasteiger partial charge >= 0.3 is 0 Å². The van der Waals surface area contributed by atoms with Crippen molar-refractivity contribution in [3.8, 4) is 0 Å². The monoisotopic (exact) mass is 435 g/mol. The van der Waals surface area contributed by atoms with Crippen molar-refractivity contribution in [1.29, 1.82) is 0 Å². The highest BCUT2D eigenvalue weighted by Crippen LogP contribution is 2.22. The van der Waals surface area contributed by atoms with E-state index in [4.69, 9.17) is 0 Å². The zero-order valence-electron chi connectivity index (χ0n) is 17.1. The van der Waals surface area contributed by atoms with Gasteiger partial charge in [-0.15, -0.1) is 11.3 Å². The van der Waals surface area contributed by atoms with Crippen LogP contribution in [-0.2, 0) is 16.6 Å². The number of nitrogens with zero attached hydrogens (tertiary/aromatic N) is 3. The summed E-state index contributed by atoms with van der Waals surface area (Å²) >= 11 is 1.69. The number of benzene rings is 1. The molecule has 1 unspecified atom stereocenters. The van der Waals surface area contributed by atoms with Crippen LogP contribution in [-0.4, -0.2) is 63.9 Å². The standard InChI is InChI=1S/C20H29N5O2S2/c1-16(18-8-6-14-28-18)23-20(21-2)22-15-17-7-4-5-9-19(17)29(26,27)25-12-10-24(3)11-13-25/h4-9,14,16H,10-13,15H2,1-3H3,(H2,21,22,23). The molecule has 1 saturated heterocycles. The lowest BCUT2D eigenvalue weighted by Gasteiger charge is -2.32. The molecule has 7 nitrogen and oxygen atoms in total. The van der Waals surface area contributed by atoms with E-state index in [1.807, 2.05) is 30.6 Å². The van der Waals surface area contributed by atoms with Gasteiger partial charge in [-0.3, -0.25) is 4.99 Å². The van der Waals surface area contributed by atoms with Gasteiger partial charge in [-0.1, -0.05) is 24.3 Å². The third kappa shape index (κ3) is 5.36. The van der Waals surface area contributed by atoms with Gasteiger partial charge in [-0.2, -0.15) is 4.31 Å². The Labute approximate surface area is 177 Å². The zero-order chi connectivity index (χ0) is 20.9. The molecule has 9 heteroatoms. The molecule has 2 aromatic rings. The maximum absolute atomic E-state index is 13.2. The Morgan fingerprint density at radius 1 is 1.17 bits per heavy atom. The summed E-state index contributed by atoms with van der Waals surface area (Å²) in [7, 11) is 0.202. The molecule has 0 aliphatic carbocycles. The minimum atomic E-state index is -3.52. The quantitative estimate of drug-likeness (QED) is 0.537. The van der Waals surface area contributed by atoms with E-state index < -0.39 is 10.0 Å². The average molecular weight is 436 g/mol. The Morgan fingerprint density at radius 2 is 1.90 bits per heavy atom. The highest BCUT2D eigenvalue weighted by atomic mass is 32.2. The van der Waals surface area contributed by atoms with Crippen LogP contribution < -0.4 is 10.6 Å². The molecule has 1 atom stereocenters. The Morgan fingerprint density at radius 3 is 2.55 bits per heavy atom. The highest BCUT2D eigenvalue weighted by molar-refractivity contribution is 7.89. The second-order valence-electron chi connectivity index (χ2n) is 7.12. The van der Waals surface area contributed by atoms with Crippen LogP contribution in [0.15, 0.2) is 51.7 Å². The van der Waals surface area contributed by atoms with Crippen molar-refractivity contribution in [3.63, 3.8) is 0 Å². The Balaban J connectivity index is 1.70. The molecule has 1 aromatic carbocycles. The number of hydrogen-bond donors (Lipinski definition) is 2. The fourth-order valence-electron chi connectivity index (χ4n) is 3.26. The van der Waals surface area contributed by atoms with Gasteiger partial charge in [-0.25, -0.2) is 8.42 Å². The maximum Gasteiger partial charge on any atom is 0.243 e. The molecule has 29 heavy (non-hydrogen) atoms. The summed E-state index contributed by atoms with van der Waals surface area (Å²) in [5.41, 5.74) is 0.734. The highest BCUT2D eigenvalue weighted by Gasteiger charge is 2.29. The van der Waals surface area contributed by atoms with Gasteiger partial charge in [-0.05, 0) is 37.0 Å². The second-order valence-corrected chi connectivity index (χ2v) is 10.0. The third-order valence-electron chi connectivity index (χ3n) is 5.05. The predicted octanol–water partition coefficient (Wildman–Crippen LogP) is 2.11. The number of piperazine rings is 1. The topological polar surface area (TPSA) is 77.0 Å². The Bertz CT molecular complexity index is 920. The lowest BCUT2D eigenvalue weighted by Crippen LogP contribution is -2.47. The van der Waals surface area contributed by atoms with Crippen LogP contribution in [0, 0.1) is 0 Å². The largest absolute Gasteiger partial charge is 0.352 e. The molecule has 158 valence electrons. The van der Waals surface area contributed by atoms with Crippen LogP contribution in [0.1, 0.15) is 23.4 Å². The summed E-state index contributed by atoms with van der Waals surface area (Å²) in [6.45, 7) is 4.97. The molecule has 3 rings (SSSR count). The summed E-state index contributed by atoms with van der Waals surface area (Å²) in [4.78, 5) is 7.99. The SMILES string of the molecule is CN=C(NCc1ccccc1S(=O)(=O)N1CCN(C)CC1)NC(C)c1cccs1. The number of likely N-dealkylation sites (N-methyl/N-ethyl adjacent to an activating group) is 1. The maximum atomic E-state index is 13.2. The molecule has 1 fully saturated rings. The first kappa shape index (κ1) is 21.8. The van der Waals surface area contributed by atoms with Crippen molar-refractivity contribution in [2.45, 2.75) is 24.4 Å². The van der Waals surface area contributed by atoms with Crippen molar-refractivity contribution < 1.29 is 8.42 Å². The Kier molecular flexibility index (Phi) is 7.28. The smallest absolute Gasteiger partial charge is 0.243 e. The number of rotatable bonds is 6. The number of guanidine groups is 1. The fourth-order valence-corrected chi connectivity index (χ4v) is 5.64. The van der Waals surface area contributed by atoms with Crippen molar-refractivity contribution in [3.05, 3.63) is 52.2 Å². The Hall–Kier alpha value is -1.94. The lowest BCUT2D eigenvalue weighted by molar-refractivity contribution is 0.222. The molecule has 0 saturated carbocycles. The summed E-state index contributed by atoms with van der Waals surface area (Å²) in [6.07, 6.45) is 0. The molecule has 0 radical (unpaired) electrons. The first-order valence-electron chi connectivity index (χ1n) is 9.69. The van der Waals surface area contributed by atoms with Crippen molar-refractivity contribution >= 4 is 27.3 Å². The fraction of sp³-hybridized carbons (Fsp3) is 0.450. The summed E-state index contributed by atoms with van der Waals surface area (Å²) in [5.74, 6) is 0.637. The van der Waals surface area contributed by atoms with E-state index >= 15 is 0 Å². The normalized spacial score (nSPS) is 17.8. The molecule has 0 bridgehead atoms. The summed E-state index contributed by atoms with van der Waals surface area (Å²) in [6, 6.07) is 11.4. The van der Waals surface area contributed by atoms with Crippen LogP contribution >= 0.6 is 11.3 Å². The molecule has 0 amide bonds. The van der Waals surface area contributed by atoms with Crippen LogP contribution in [0.25, 0.3) is 0 Å². The number of sulfonamides is 1. The molecule has 1 aliphatic heterocycles. The van der Waals surface area contributed by atoms with Crippen molar-refractivity contribution in [2.24, 2.45) is 4.99 Å². The van der Waals surface area contributed by atoms with E-state index in [0.717, 1.165) is 18.7 Å². The third-order valence-corrected chi connectivity index (χ3v) is 8.10. The van der Waals surface area contributed by atoms with Gasteiger partial charge in [0, 0.05) is 44.6 Å². The van der Waals surface area contributed by atoms with E-state index in [0.29, 0.717) is 30.5 Å². The molecular formula is C20H29N5O2S2.